The summed E-state index contributed by atoms with van der Waals surface area (Å²) < 4.78 is 6.80. The van der Waals surface area contributed by atoms with Crippen LogP contribution in [0.3, 0.4) is 0 Å². The van der Waals surface area contributed by atoms with Crippen molar-refractivity contribution in [2.75, 3.05) is 17.2 Å². The molecule has 0 spiro atoms. The highest BCUT2D eigenvalue weighted by atomic mass is 32.1. The molecule has 0 aliphatic carbocycles. The summed E-state index contributed by atoms with van der Waals surface area (Å²) in [7, 11) is 0. The molecule has 3 aromatic rings. The van der Waals surface area contributed by atoms with Gasteiger partial charge in [-0.15, -0.1) is 0 Å². The Bertz CT molecular complexity index is 981. The second-order valence-corrected chi connectivity index (χ2v) is 7.26. The molecular weight excluding hydrogens is 350 g/mol. The lowest BCUT2D eigenvalue weighted by molar-refractivity contribution is 0.0641. The van der Waals surface area contributed by atoms with Crippen LogP contribution in [0.25, 0.3) is 16.3 Å². The third-order valence-electron chi connectivity index (χ3n) is 4.05. The van der Waals surface area contributed by atoms with Gasteiger partial charge in [0.25, 0.3) is 0 Å². The molecule has 3 N–H and O–H groups in total. The standard InChI is InChI=1S/C19H17N3O3S/c1-19(11-23)9-8-12-10-13(6-7-15(12)25-19)20-17(24)22-18-21-14-4-2-3-5-16(14)26-18/h2-10,23H,11H2,1H3,(H2,20,21,22,24). The topological polar surface area (TPSA) is 83.5 Å². The third-order valence-corrected chi connectivity index (χ3v) is 5.01. The Morgan fingerprint density at radius 1 is 1.27 bits per heavy atom. The number of benzene rings is 2. The number of rotatable bonds is 3. The van der Waals surface area contributed by atoms with Gasteiger partial charge in [0.1, 0.15) is 11.4 Å². The molecule has 26 heavy (non-hydrogen) atoms. The molecule has 6 nitrogen and oxygen atoms in total. The predicted octanol–water partition coefficient (Wildman–Crippen LogP) is 4.10. The second-order valence-electron chi connectivity index (χ2n) is 6.22. The van der Waals surface area contributed by atoms with Crippen molar-refractivity contribution in [2.24, 2.45) is 0 Å². The lowest BCUT2D eigenvalue weighted by atomic mass is 10.0. The Morgan fingerprint density at radius 2 is 2.12 bits per heavy atom. The van der Waals surface area contributed by atoms with Crippen molar-refractivity contribution in [3.63, 3.8) is 0 Å². The summed E-state index contributed by atoms with van der Waals surface area (Å²) >= 11 is 1.42. The van der Waals surface area contributed by atoms with Crippen molar-refractivity contribution < 1.29 is 14.6 Å². The average molecular weight is 367 g/mol. The second kappa shape index (κ2) is 6.44. The zero-order valence-electron chi connectivity index (χ0n) is 14.0. The highest BCUT2D eigenvalue weighted by Crippen LogP contribution is 2.33. The normalized spacial score (nSPS) is 18.2. The van der Waals surface area contributed by atoms with E-state index in [2.05, 4.69) is 15.6 Å². The number of anilines is 2. The van der Waals surface area contributed by atoms with Gasteiger partial charge in [0.05, 0.1) is 16.8 Å². The van der Waals surface area contributed by atoms with Gasteiger partial charge in [0, 0.05) is 11.3 Å². The molecule has 2 amide bonds. The fourth-order valence-electron chi connectivity index (χ4n) is 2.67. The Kier molecular flexibility index (Phi) is 4.10. The van der Waals surface area contributed by atoms with Gasteiger partial charge in [0.2, 0.25) is 0 Å². The van der Waals surface area contributed by atoms with Gasteiger partial charge in [-0.1, -0.05) is 29.5 Å². The van der Waals surface area contributed by atoms with Crippen molar-refractivity contribution >= 4 is 44.5 Å². The number of aliphatic hydroxyl groups excluding tert-OH is 1. The zero-order valence-corrected chi connectivity index (χ0v) is 14.8. The van der Waals surface area contributed by atoms with E-state index in [1.807, 2.05) is 43.3 Å². The van der Waals surface area contributed by atoms with Crippen LogP contribution in [0, 0.1) is 0 Å². The molecule has 0 bridgehead atoms. The first-order valence-corrected chi connectivity index (χ1v) is 8.93. The molecule has 1 aliphatic rings. The number of fused-ring (bicyclic) bond motifs is 2. The number of hydrogen-bond donors (Lipinski definition) is 3. The molecule has 1 atom stereocenters. The largest absolute Gasteiger partial charge is 0.480 e. The van der Waals surface area contributed by atoms with Gasteiger partial charge in [-0.3, -0.25) is 5.32 Å². The van der Waals surface area contributed by atoms with Crippen molar-refractivity contribution in [3.8, 4) is 5.75 Å². The lowest BCUT2D eigenvalue weighted by Gasteiger charge is -2.29. The molecule has 4 rings (SSSR count). The first kappa shape index (κ1) is 16.6. The molecule has 7 heteroatoms. The number of amides is 2. The van der Waals surface area contributed by atoms with Crippen LogP contribution in [0.15, 0.2) is 48.5 Å². The van der Waals surface area contributed by atoms with Crippen molar-refractivity contribution in [3.05, 3.63) is 54.1 Å². The first-order chi connectivity index (χ1) is 12.5. The maximum atomic E-state index is 12.2. The fourth-order valence-corrected chi connectivity index (χ4v) is 3.53. The molecule has 0 saturated carbocycles. The molecular formula is C19H17N3O3S. The van der Waals surface area contributed by atoms with Crippen LogP contribution in [0.4, 0.5) is 15.6 Å². The molecule has 132 valence electrons. The maximum absolute atomic E-state index is 12.2. The smallest absolute Gasteiger partial charge is 0.325 e. The predicted molar refractivity (Wildman–Crippen MR) is 104 cm³/mol. The number of para-hydroxylation sites is 1. The number of urea groups is 1. The van der Waals surface area contributed by atoms with Crippen molar-refractivity contribution in [1.29, 1.82) is 0 Å². The summed E-state index contributed by atoms with van der Waals surface area (Å²) in [5, 5.41) is 15.5. The molecule has 2 aromatic carbocycles. The van der Waals surface area contributed by atoms with E-state index >= 15 is 0 Å². The van der Waals surface area contributed by atoms with E-state index in [1.165, 1.54) is 11.3 Å². The number of thiazole rings is 1. The first-order valence-electron chi connectivity index (χ1n) is 8.11. The van der Waals surface area contributed by atoms with Crippen molar-refractivity contribution in [2.45, 2.75) is 12.5 Å². The van der Waals surface area contributed by atoms with Crippen LogP contribution < -0.4 is 15.4 Å². The van der Waals surface area contributed by atoms with Gasteiger partial charge in [-0.2, -0.15) is 0 Å². The SMILES string of the molecule is CC1(CO)C=Cc2cc(NC(=O)Nc3nc4ccccc4s3)ccc2O1. The molecule has 1 aromatic heterocycles. The summed E-state index contributed by atoms with van der Waals surface area (Å²) in [4.78, 5) is 16.6. The van der Waals surface area contributed by atoms with Gasteiger partial charge >= 0.3 is 6.03 Å². The number of aliphatic hydroxyl groups is 1. The maximum Gasteiger partial charge on any atom is 0.325 e. The third kappa shape index (κ3) is 3.26. The summed E-state index contributed by atoms with van der Waals surface area (Å²) in [6.45, 7) is 1.71. The Hall–Kier alpha value is -2.90. The molecule has 1 aliphatic heterocycles. The Morgan fingerprint density at radius 3 is 2.92 bits per heavy atom. The van der Waals surface area contributed by atoms with E-state index in [1.54, 1.807) is 18.2 Å². The number of hydrogen-bond acceptors (Lipinski definition) is 5. The monoisotopic (exact) mass is 367 g/mol. The van der Waals surface area contributed by atoms with E-state index in [4.69, 9.17) is 4.74 Å². The highest BCUT2D eigenvalue weighted by Gasteiger charge is 2.26. The van der Waals surface area contributed by atoms with Crippen molar-refractivity contribution in [1.82, 2.24) is 4.98 Å². The van der Waals surface area contributed by atoms with Crippen LogP contribution in [0.2, 0.25) is 0 Å². The minimum absolute atomic E-state index is 0.104. The van der Waals surface area contributed by atoms with Crippen LogP contribution in [0.1, 0.15) is 12.5 Å². The average Bonchev–Trinajstić information content (AvgIpc) is 3.04. The summed E-state index contributed by atoms with van der Waals surface area (Å²) in [5.41, 5.74) is 1.62. The van der Waals surface area contributed by atoms with Crippen LogP contribution in [-0.4, -0.2) is 28.3 Å². The number of carbonyl (C=O) groups is 1. The number of carbonyl (C=O) groups excluding carboxylic acids is 1. The van der Waals surface area contributed by atoms with Crippen LogP contribution in [0.5, 0.6) is 5.75 Å². The minimum atomic E-state index is -0.716. The zero-order chi connectivity index (χ0) is 18.1. The quantitative estimate of drug-likeness (QED) is 0.651. The Labute approximate surface area is 154 Å². The minimum Gasteiger partial charge on any atom is -0.480 e. The van der Waals surface area contributed by atoms with Gasteiger partial charge in [-0.25, -0.2) is 9.78 Å². The molecule has 1 unspecified atom stereocenters. The summed E-state index contributed by atoms with van der Waals surface area (Å²) in [5.74, 6) is 0.668. The van der Waals surface area contributed by atoms with Gasteiger partial charge in [-0.05, 0) is 43.3 Å². The van der Waals surface area contributed by atoms with E-state index < -0.39 is 5.60 Å². The summed E-state index contributed by atoms with van der Waals surface area (Å²) in [6, 6.07) is 12.7. The molecule has 0 radical (unpaired) electrons. The van der Waals surface area contributed by atoms with Gasteiger partial charge < -0.3 is 15.2 Å². The number of nitrogens with zero attached hydrogens (tertiary/aromatic N) is 1. The van der Waals surface area contributed by atoms with E-state index in [-0.39, 0.29) is 12.6 Å². The lowest BCUT2D eigenvalue weighted by Crippen LogP contribution is -2.35. The number of ether oxygens (including phenoxy) is 1. The van der Waals surface area contributed by atoms with E-state index in [9.17, 15) is 9.90 Å². The molecule has 0 saturated heterocycles. The number of nitrogens with one attached hydrogen (secondary N) is 2. The highest BCUT2D eigenvalue weighted by molar-refractivity contribution is 7.22. The van der Waals surface area contributed by atoms with E-state index in [0.29, 0.717) is 16.6 Å². The van der Waals surface area contributed by atoms with Crippen LogP contribution >= 0.6 is 11.3 Å². The fraction of sp³-hybridized carbons (Fsp3) is 0.158. The molecule has 2 heterocycles. The summed E-state index contributed by atoms with van der Waals surface area (Å²) in [6.07, 6.45) is 3.69. The van der Waals surface area contributed by atoms with E-state index in [0.717, 1.165) is 15.8 Å². The van der Waals surface area contributed by atoms with Gasteiger partial charge in [0.15, 0.2) is 5.13 Å². The van der Waals surface area contributed by atoms with Crippen LogP contribution in [-0.2, 0) is 0 Å². The Balaban J connectivity index is 1.47. The number of aromatic nitrogens is 1. The molecule has 0 fully saturated rings.